The van der Waals surface area contributed by atoms with E-state index in [9.17, 15) is 4.79 Å². The predicted octanol–water partition coefficient (Wildman–Crippen LogP) is -0.240. The van der Waals surface area contributed by atoms with E-state index in [2.05, 4.69) is 9.97 Å². The lowest BCUT2D eigenvalue weighted by Crippen LogP contribution is -2.37. The number of anilines is 2. The SMILES string of the molecule is CC1(C(N)=O)CCN(c2cncc(N)n2)C1. The predicted molar refractivity (Wildman–Crippen MR) is 60.6 cm³/mol. The second kappa shape index (κ2) is 3.62. The van der Waals surface area contributed by atoms with Crippen LogP contribution in [0, 0.1) is 5.41 Å². The molecule has 0 aromatic carbocycles. The van der Waals surface area contributed by atoms with Crippen molar-refractivity contribution < 1.29 is 4.79 Å². The van der Waals surface area contributed by atoms with Crippen LogP contribution in [0.15, 0.2) is 12.4 Å². The first-order valence-corrected chi connectivity index (χ1v) is 5.14. The molecule has 2 rings (SSSR count). The molecule has 4 N–H and O–H groups in total. The molecule has 1 amide bonds. The van der Waals surface area contributed by atoms with Crippen molar-refractivity contribution in [3.05, 3.63) is 12.4 Å². The largest absolute Gasteiger partial charge is 0.382 e. The van der Waals surface area contributed by atoms with E-state index in [4.69, 9.17) is 11.5 Å². The number of rotatable bonds is 2. The van der Waals surface area contributed by atoms with E-state index >= 15 is 0 Å². The van der Waals surface area contributed by atoms with Crippen LogP contribution in [-0.4, -0.2) is 29.0 Å². The van der Waals surface area contributed by atoms with Crippen LogP contribution >= 0.6 is 0 Å². The molecule has 0 radical (unpaired) electrons. The minimum atomic E-state index is -0.480. The van der Waals surface area contributed by atoms with Crippen molar-refractivity contribution in [2.45, 2.75) is 13.3 Å². The first-order chi connectivity index (χ1) is 7.51. The van der Waals surface area contributed by atoms with E-state index in [-0.39, 0.29) is 5.91 Å². The summed E-state index contributed by atoms with van der Waals surface area (Å²) in [5.74, 6) is 0.807. The lowest BCUT2D eigenvalue weighted by molar-refractivity contribution is -0.125. The Bertz CT molecular complexity index is 421. The minimum absolute atomic E-state index is 0.271. The molecule has 86 valence electrons. The van der Waals surface area contributed by atoms with Crippen LogP contribution in [0.2, 0.25) is 0 Å². The van der Waals surface area contributed by atoms with Gasteiger partial charge in [-0.2, -0.15) is 0 Å². The van der Waals surface area contributed by atoms with Crippen LogP contribution in [0.3, 0.4) is 0 Å². The fourth-order valence-corrected chi connectivity index (χ4v) is 1.88. The number of nitrogens with two attached hydrogens (primary N) is 2. The summed E-state index contributed by atoms with van der Waals surface area (Å²) in [6.45, 7) is 3.19. The molecule has 1 aromatic rings. The van der Waals surface area contributed by atoms with Crippen molar-refractivity contribution in [1.82, 2.24) is 9.97 Å². The number of hydrogen-bond acceptors (Lipinski definition) is 5. The van der Waals surface area contributed by atoms with Gasteiger partial charge in [0, 0.05) is 13.1 Å². The van der Waals surface area contributed by atoms with E-state index in [0.29, 0.717) is 18.2 Å². The Kier molecular flexibility index (Phi) is 2.41. The van der Waals surface area contributed by atoms with Gasteiger partial charge in [-0.1, -0.05) is 0 Å². The average Bonchev–Trinajstić information content (AvgIpc) is 2.62. The van der Waals surface area contributed by atoms with E-state index in [1.165, 1.54) is 6.20 Å². The Morgan fingerprint density at radius 3 is 2.88 bits per heavy atom. The van der Waals surface area contributed by atoms with Crippen LogP contribution in [-0.2, 0) is 4.79 Å². The van der Waals surface area contributed by atoms with Gasteiger partial charge in [-0.05, 0) is 13.3 Å². The second-order valence-electron chi connectivity index (χ2n) is 4.40. The van der Waals surface area contributed by atoms with Gasteiger partial charge in [0.25, 0.3) is 0 Å². The maximum atomic E-state index is 11.3. The van der Waals surface area contributed by atoms with Gasteiger partial charge in [-0.15, -0.1) is 0 Å². The molecule has 1 aliphatic heterocycles. The summed E-state index contributed by atoms with van der Waals surface area (Å²) < 4.78 is 0. The van der Waals surface area contributed by atoms with Crippen LogP contribution in [0.5, 0.6) is 0 Å². The molecular formula is C10H15N5O. The van der Waals surface area contributed by atoms with Gasteiger partial charge in [0.1, 0.15) is 11.6 Å². The van der Waals surface area contributed by atoms with Gasteiger partial charge in [-0.3, -0.25) is 9.78 Å². The standard InChI is InChI=1S/C10H15N5O/c1-10(9(12)16)2-3-15(6-10)8-5-13-4-7(11)14-8/h4-5H,2-3,6H2,1H3,(H2,11,14)(H2,12,16). The summed E-state index contributed by atoms with van der Waals surface area (Å²) in [5, 5.41) is 0. The highest BCUT2D eigenvalue weighted by Crippen LogP contribution is 2.31. The van der Waals surface area contributed by atoms with Gasteiger partial charge in [0.15, 0.2) is 0 Å². The highest BCUT2D eigenvalue weighted by atomic mass is 16.1. The zero-order valence-electron chi connectivity index (χ0n) is 9.18. The monoisotopic (exact) mass is 221 g/mol. The molecule has 1 saturated heterocycles. The molecule has 0 saturated carbocycles. The Morgan fingerprint density at radius 1 is 1.56 bits per heavy atom. The van der Waals surface area contributed by atoms with Gasteiger partial charge < -0.3 is 16.4 Å². The molecule has 1 aromatic heterocycles. The molecule has 1 fully saturated rings. The Hall–Kier alpha value is -1.85. The average molecular weight is 221 g/mol. The summed E-state index contributed by atoms with van der Waals surface area (Å²) in [4.78, 5) is 21.4. The number of primary amides is 1. The van der Waals surface area contributed by atoms with Crippen molar-refractivity contribution in [3.63, 3.8) is 0 Å². The zero-order chi connectivity index (χ0) is 11.8. The Labute approximate surface area is 93.7 Å². The third kappa shape index (κ3) is 1.78. The van der Waals surface area contributed by atoms with Gasteiger partial charge in [0.2, 0.25) is 5.91 Å². The number of nitrogen functional groups attached to an aromatic ring is 1. The number of carbonyl (C=O) groups is 1. The zero-order valence-corrected chi connectivity index (χ0v) is 9.18. The van der Waals surface area contributed by atoms with E-state index < -0.39 is 5.41 Å². The minimum Gasteiger partial charge on any atom is -0.382 e. The summed E-state index contributed by atoms with van der Waals surface area (Å²) >= 11 is 0. The lowest BCUT2D eigenvalue weighted by atomic mass is 9.89. The van der Waals surface area contributed by atoms with Crippen LogP contribution in [0.1, 0.15) is 13.3 Å². The fourth-order valence-electron chi connectivity index (χ4n) is 1.88. The Balaban J connectivity index is 2.18. The highest BCUT2D eigenvalue weighted by molar-refractivity contribution is 5.82. The summed E-state index contributed by atoms with van der Waals surface area (Å²) in [5.41, 5.74) is 10.5. The summed E-state index contributed by atoms with van der Waals surface area (Å²) in [6, 6.07) is 0. The molecular weight excluding hydrogens is 206 g/mol. The number of carbonyl (C=O) groups excluding carboxylic acids is 1. The topological polar surface area (TPSA) is 98.1 Å². The molecule has 6 nitrogen and oxygen atoms in total. The summed E-state index contributed by atoms with van der Waals surface area (Å²) in [6.07, 6.45) is 3.87. The van der Waals surface area contributed by atoms with Gasteiger partial charge in [0.05, 0.1) is 17.8 Å². The molecule has 0 aliphatic carbocycles. The Morgan fingerprint density at radius 2 is 2.31 bits per heavy atom. The number of amides is 1. The molecule has 0 bridgehead atoms. The van der Waals surface area contributed by atoms with Crippen LogP contribution in [0.4, 0.5) is 11.6 Å². The van der Waals surface area contributed by atoms with Crippen molar-refractivity contribution in [2.24, 2.45) is 11.1 Å². The highest BCUT2D eigenvalue weighted by Gasteiger charge is 2.39. The van der Waals surface area contributed by atoms with Crippen molar-refractivity contribution in [2.75, 3.05) is 23.7 Å². The second-order valence-corrected chi connectivity index (χ2v) is 4.40. The first-order valence-electron chi connectivity index (χ1n) is 5.14. The number of nitrogens with zero attached hydrogens (tertiary/aromatic N) is 3. The molecule has 0 spiro atoms. The maximum Gasteiger partial charge on any atom is 0.225 e. The van der Waals surface area contributed by atoms with Gasteiger partial charge >= 0.3 is 0 Å². The van der Waals surface area contributed by atoms with E-state index in [0.717, 1.165) is 13.0 Å². The van der Waals surface area contributed by atoms with Gasteiger partial charge in [-0.25, -0.2) is 4.98 Å². The molecule has 1 aliphatic rings. The van der Waals surface area contributed by atoms with Crippen LogP contribution in [0.25, 0.3) is 0 Å². The van der Waals surface area contributed by atoms with Crippen molar-refractivity contribution in [3.8, 4) is 0 Å². The molecule has 1 atom stereocenters. The number of hydrogen-bond donors (Lipinski definition) is 2. The first kappa shape index (κ1) is 10.7. The molecule has 2 heterocycles. The number of aromatic nitrogens is 2. The third-order valence-corrected chi connectivity index (χ3v) is 3.03. The lowest BCUT2D eigenvalue weighted by Gasteiger charge is -2.21. The van der Waals surface area contributed by atoms with E-state index in [1.54, 1.807) is 6.20 Å². The normalized spacial score (nSPS) is 24.7. The third-order valence-electron chi connectivity index (χ3n) is 3.03. The smallest absolute Gasteiger partial charge is 0.225 e. The molecule has 1 unspecified atom stereocenters. The van der Waals surface area contributed by atoms with Crippen molar-refractivity contribution in [1.29, 1.82) is 0 Å². The molecule has 6 heteroatoms. The quantitative estimate of drug-likeness (QED) is 0.718. The van der Waals surface area contributed by atoms with Crippen LogP contribution < -0.4 is 16.4 Å². The molecule has 16 heavy (non-hydrogen) atoms. The van der Waals surface area contributed by atoms with E-state index in [1.807, 2.05) is 11.8 Å². The van der Waals surface area contributed by atoms with Crippen molar-refractivity contribution >= 4 is 17.5 Å². The fraction of sp³-hybridized carbons (Fsp3) is 0.500. The summed E-state index contributed by atoms with van der Waals surface area (Å²) in [7, 11) is 0. The maximum absolute atomic E-state index is 11.3.